The number of esters is 1. The van der Waals surface area contributed by atoms with Gasteiger partial charge in [0.15, 0.2) is 5.78 Å². The van der Waals surface area contributed by atoms with E-state index in [0.717, 1.165) is 11.3 Å². The van der Waals surface area contributed by atoms with Crippen molar-refractivity contribution < 1.29 is 23.5 Å². The third-order valence-electron chi connectivity index (χ3n) is 3.57. The third-order valence-corrected chi connectivity index (χ3v) is 5.17. The standard InChI is InChI=1S/C18H18ClFN2O4S/c1-4-26-18(25)15-9(2)16(10(3)23)27-17(15)22-14(24)8-21-11-5-6-13(20)12(19)7-11/h5-7,21H,4,8H2,1-3H3,(H,22,24). The van der Waals surface area contributed by atoms with Gasteiger partial charge in [0.25, 0.3) is 0 Å². The van der Waals surface area contributed by atoms with Crippen molar-refractivity contribution in [3.05, 3.63) is 45.0 Å². The molecule has 9 heteroatoms. The van der Waals surface area contributed by atoms with Gasteiger partial charge in [-0.15, -0.1) is 11.3 Å². The first-order valence-corrected chi connectivity index (χ1v) is 9.24. The number of carbonyl (C=O) groups excluding carboxylic acids is 3. The molecule has 2 aromatic rings. The Bertz CT molecular complexity index is 898. The van der Waals surface area contributed by atoms with Crippen molar-refractivity contribution in [3.63, 3.8) is 0 Å². The highest BCUT2D eigenvalue weighted by atomic mass is 35.5. The first kappa shape index (κ1) is 20.9. The van der Waals surface area contributed by atoms with Gasteiger partial charge in [-0.05, 0) is 44.5 Å². The molecule has 0 saturated heterocycles. The number of carbonyl (C=O) groups is 3. The summed E-state index contributed by atoms with van der Waals surface area (Å²) in [4.78, 5) is 36.6. The second kappa shape index (κ2) is 8.96. The van der Waals surface area contributed by atoms with Gasteiger partial charge in [0.2, 0.25) is 5.91 Å². The van der Waals surface area contributed by atoms with Crippen LogP contribution in [0.4, 0.5) is 15.1 Å². The fourth-order valence-corrected chi connectivity index (χ4v) is 3.63. The largest absolute Gasteiger partial charge is 0.462 e. The molecule has 0 aliphatic rings. The van der Waals surface area contributed by atoms with Crippen LogP contribution in [0.1, 0.15) is 39.4 Å². The highest BCUT2D eigenvalue weighted by Crippen LogP contribution is 2.34. The van der Waals surface area contributed by atoms with Crippen molar-refractivity contribution in [2.24, 2.45) is 0 Å². The van der Waals surface area contributed by atoms with Crippen LogP contribution < -0.4 is 10.6 Å². The number of anilines is 2. The van der Waals surface area contributed by atoms with E-state index in [1.54, 1.807) is 13.8 Å². The summed E-state index contributed by atoms with van der Waals surface area (Å²) in [5, 5.41) is 5.61. The lowest BCUT2D eigenvalue weighted by Crippen LogP contribution is -2.22. The quantitative estimate of drug-likeness (QED) is 0.523. The van der Waals surface area contributed by atoms with Gasteiger partial charge in [0, 0.05) is 5.69 Å². The first-order valence-electron chi connectivity index (χ1n) is 8.04. The smallest absolute Gasteiger partial charge is 0.341 e. The fourth-order valence-electron chi connectivity index (χ4n) is 2.35. The van der Waals surface area contributed by atoms with Crippen molar-refractivity contribution in [1.29, 1.82) is 0 Å². The summed E-state index contributed by atoms with van der Waals surface area (Å²) in [5.74, 6) is -1.82. The summed E-state index contributed by atoms with van der Waals surface area (Å²) in [7, 11) is 0. The minimum absolute atomic E-state index is 0.0648. The lowest BCUT2D eigenvalue weighted by Gasteiger charge is -2.09. The topological polar surface area (TPSA) is 84.5 Å². The number of rotatable bonds is 7. The van der Waals surface area contributed by atoms with E-state index in [-0.39, 0.29) is 34.5 Å². The third kappa shape index (κ3) is 5.05. The molecule has 6 nitrogen and oxygen atoms in total. The maximum atomic E-state index is 13.2. The molecule has 2 N–H and O–H groups in total. The maximum absolute atomic E-state index is 13.2. The number of amides is 1. The number of hydrogen-bond acceptors (Lipinski definition) is 6. The van der Waals surface area contributed by atoms with Crippen LogP contribution in [0.25, 0.3) is 0 Å². The number of ether oxygens (including phenoxy) is 1. The zero-order chi connectivity index (χ0) is 20.1. The van der Waals surface area contributed by atoms with Crippen LogP contribution in [0.15, 0.2) is 18.2 Å². The molecule has 1 heterocycles. The number of halogens is 2. The van der Waals surface area contributed by atoms with Gasteiger partial charge in [-0.25, -0.2) is 9.18 Å². The minimum atomic E-state index is -0.604. The minimum Gasteiger partial charge on any atom is -0.462 e. The lowest BCUT2D eigenvalue weighted by atomic mass is 10.1. The zero-order valence-corrected chi connectivity index (χ0v) is 16.5. The van der Waals surface area contributed by atoms with Gasteiger partial charge in [-0.2, -0.15) is 0 Å². The molecular formula is C18H18ClFN2O4S. The van der Waals surface area contributed by atoms with E-state index in [1.807, 2.05) is 0 Å². The van der Waals surface area contributed by atoms with Crippen LogP contribution in [-0.4, -0.2) is 30.8 Å². The summed E-state index contributed by atoms with van der Waals surface area (Å²) < 4.78 is 18.2. The molecule has 0 aliphatic heterocycles. The van der Waals surface area contributed by atoms with E-state index < -0.39 is 17.7 Å². The Hall–Kier alpha value is -2.45. The molecule has 0 fully saturated rings. The van der Waals surface area contributed by atoms with Crippen LogP contribution in [0.5, 0.6) is 0 Å². The van der Waals surface area contributed by atoms with Gasteiger partial charge in [0.05, 0.1) is 28.6 Å². The monoisotopic (exact) mass is 412 g/mol. The number of hydrogen-bond donors (Lipinski definition) is 2. The summed E-state index contributed by atoms with van der Waals surface area (Å²) in [6.45, 7) is 4.72. The normalized spacial score (nSPS) is 10.4. The van der Waals surface area contributed by atoms with Crippen LogP contribution >= 0.6 is 22.9 Å². The van der Waals surface area contributed by atoms with E-state index in [1.165, 1.54) is 25.1 Å². The van der Waals surface area contributed by atoms with Crippen LogP contribution in [0.2, 0.25) is 5.02 Å². The molecular weight excluding hydrogens is 395 g/mol. The zero-order valence-electron chi connectivity index (χ0n) is 14.9. The molecule has 0 unspecified atom stereocenters. The molecule has 1 aromatic carbocycles. The van der Waals surface area contributed by atoms with Crippen LogP contribution in [0.3, 0.4) is 0 Å². The Morgan fingerprint density at radius 3 is 2.59 bits per heavy atom. The van der Waals surface area contributed by atoms with Crippen LogP contribution in [-0.2, 0) is 9.53 Å². The Balaban J connectivity index is 2.16. The Morgan fingerprint density at radius 2 is 2.00 bits per heavy atom. The molecule has 0 aliphatic carbocycles. The highest BCUT2D eigenvalue weighted by molar-refractivity contribution is 7.18. The fraction of sp³-hybridized carbons (Fsp3) is 0.278. The van der Waals surface area contributed by atoms with E-state index in [2.05, 4.69) is 10.6 Å². The van der Waals surface area contributed by atoms with Gasteiger partial charge < -0.3 is 15.4 Å². The van der Waals surface area contributed by atoms with Crippen molar-refractivity contribution in [2.45, 2.75) is 20.8 Å². The SMILES string of the molecule is CCOC(=O)c1c(NC(=O)CNc2ccc(F)c(Cl)c2)sc(C(C)=O)c1C. The number of benzene rings is 1. The molecule has 144 valence electrons. The van der Waals surface area contributed by atoms with Gasteiger partial charge >= 0.3 is 5.97 Å². The Kier molecular flexibility index (Phi) is 6.92. The van der Waals surface area contributed by atoms with E-state index in [0.29, 0.717) is 16.1 Å². The lowest BCUT2D eigenvalue weighted by molar-refractivity contribution is -0.114. The molecule has 0 radical (unpaired) electrons. The summed E-state index contributed by atoms with van der Waals surface area (Å²) in [6.07, 6.45) is 0. The average molecular weight is 413 g/mol. The van der Waals surface area contributed by atoms with Crippen molar-refractivity contribution in [2.75, 3.05) is 23.8 Å². The van der Waals surface area contributed by atoms with Crippen molar-refractivity contribution in [3.8, 4) is 0 Å². The molecule has 0 atom stereocenters. The highest BCUT2D eigenvalue weighted by Gasteiger charge is 2.25. The summed E-state index contributed by atoms with van der Waals surface area (Å²) >= 11 is 6.72. The average Bonchev–Trinajstić information content (AvgIpc) is 2.92. The van der Waals surface area contributed by atoms with Gasteiger partial charge in [-0.1, -0.05) is 11.6 Å². The number of thiophene rings is 1. The molecule has 0 bridgehead atoms. The number of Topliss-reactive ketones (excluding diaryl/α,β-unsaturated/α-hetero) is 1. The van der Waals surface area contributed by atoms with Gasteiger partial charge in [0.1, 0.15) is 10.8 Å². The molecule has 1 aromatic heterocycles. The molecule has 0 saturated carbocycles. The van der Waals surface area contributed by atoms with E-state index in [9.17, 15) is 18.8 Å². The summed E-state index contributed by atoms with van der Waals surface area (Å²) in [5.41, 5.74) is 1.11. The van der Waals surface area contributed by atoms with Gasteiger partial charge in [-0.3, -0.25) is 9.59 Å². The Labute approximate surface area is 164 Å². The Morgan fingerprint density at radius 1 is 1.30 bits per heavy atom. The number of nitrogens with one attached hydrogen (secondary N) is 2. The predicted molar refractivity (Wildman–Crippen MR) is 104 cm³/mol. The molecule has 1 amide bonds. The first-order chi connectivity index (χ1) is 12.7. The molecule has 27 heavy (non-hydrogen) atoms. The van der Waals surface area contributed by atoms with Crippen LogP contribution in [0, 0.1) is 12.7 Å². The molecule has 0 spiro atoms. The second-order valence-corrected chi connectivity index (χ2v) is 7.00. The van der Waals surface area contributed by atoms with Crippen molar-refractivity contribution >= 4 is 51.3 Å². The maximum Gasteiger partial charge on any atom is 0.341 e. The van der Waals surface area contributed by atoms with Crippen molar-refractivity contribution in [1.82, 2.24) is 0 Å². The van der Waals surface area contributed by atoms with E-state index >= 15 is 0 Å². The number of ketones is 1. The molecule has 2 rings (SSSR count). The second-order valence-electron chi connectivity index (χ2n) is 5.57. The van der Waals surface area contributed by atoms with E-state index in [4.69, 9.17) is 16.3 Å². The predicted octanol–water partition coefficient (Wildman–Crippen LogP) is 4.28. The summed E-state index contributed by atoms with van der Waals surface area (Å²) in [6, 6.07) is 3.99.